The van der Waals surface area contributed by atoms with Gasteiger partial charge >= 0.3 is 0 Å². The summed E-state index contributed by atoms with van der Waals surface area (Å²) >= 11 is 0. The van der Waals surface area contributed by atoms with Crippen LogP contribution < -0.4 is 5.32 Å². The molecule has 1 aliphatic rings. The molecule has 136 valence electrons. The minimum atomic E-state index is -1.15. The van der Waals surface area contributed by atoms with Gasteiger partial charge in [-0.05, 0) is 11.6 Å². The van der Waals surface area contributed by atoms with Crippen molar-refractivity contribution in [2.75, 3.05) is 11.9 Å². The molecule has 3 aromatic rings. The van der Waals surface area contributed by atoms with Crippen molar-refractivity contribution in [1.29, 1.82) is 0 Å². The third kappa shape index (κ3) is 2.93. The first-order valence-electron chi connectivity index (χ1n) is 8.41. The van der Waals surface area contributed by atoms with E-state index in [2.05, 4.69) is 15.3 Å². The molecule has 4 unspecified atom stereocenters. The van der Waals surface area contributed by atoms with Gasteiger partial charge in [-0.2, -0.15) is 0 Å². The lowest BCUT2D eigenvalue weighted by atomic mass is 10.1. The van der Waals surface area contributed by atoms with Gasteiger partial charge in [-0.15, -0.1) is 0 Å². The van der Waals surface area contributed by atoms with Gasteiger partial charge in [0, 0.05) is 12.7 Å². The molecule has 4 atom stereocenters. The summed E-state index contributed by atoms with van der Waals surface area (Å²) in [4.78, 5) is 8.74. The molecule has 1 fully saturated rings. The first-order valence-corrected chi connectivity index (χ1v) is 8.41. The Bertz CT molecular complexity index is 885. The molecule has 0 bridgehead atoms. The van der Waals surface area contributed by atoms with Gasteiger partial charge in [0.05, 0.1) is 18.5 Å². The van der Waals surface area contributed by atoms with Crippen molar-refractivity contribution < 1.29 is 20.1 Å². The number of nitrogens with one attached hydrogen (secondary N) is 1. The Kier molecular flexibility index (Phi) is 4.56. The second kappa shape index (κ2) is 7.00. The highest BCUT2D eigenvalue weighted by Gasteiger charge is 2.43. The normalized spacial score (nSPS) is 25.7. The number of pyridine rings is 1. The van der Waals surface area contributed by atoms with Gasteiger partial charge in [-0.25, -0.2) is 9.97 Å². The lowest BCUT2D eigenvalue weighted by molar-refractivity contribution is -0.0508. The Balaban J connectivity index is 1.61. The smallest absolute Gasteiger partial charge is 0.164 e. The van der Waals surface area contributed by atoms with Crippen LogP contribution in [0, 0.1) is 0 Å². The number of imidazole rings is 1. The fraction of sp³-hybridized carbons (Fsp3) is 0.333. The van der Waals surface area contributed by atoms with Crippen molar-refractivity contribution >= 4 is 16.9 Å². The van der Waals surface area contributed by atoms with Gasteiger partial charge < -0.3 is 29.9 Å². The first kappa shape index (κ1) is 16.9. The average Bonchev–Trinajstić information content (AvgIpc) is 3.23. The number of hydrogen-bond donors (Lipinski definition) is 4. The first-order chi connectivity index (χ1) is 12.7. The van der Waals surface area contributed by atoms with E-state index in [4.69, 9.17) is 4.74 Å². The molecule has 0 spiro atoms. The van der Waals surface area contributed by atoms with Crippen LogP contribution in [0.2, 0.25) is 0 Å². The number of aliphatic hydroxyl groups excluding tert-OH is 3. The minimum absolute atomic E-state index is 0.368. The Morgan fingerprint density at radius 3 is 2.62 bits per heavy atom. The van der Waals surface area contributed by atoms with Gasteiger partial charge in [0.1, 0.15) is 23.8 Å². The minimum Gasteiger partial charge on any atom is -0.394 e. The summed E-state index contributed by atoms with van der Waals surface area (Å²) < 4.78 is 7.24. The van der Waals surface area contributed by atoms with E-state index in [-0.39, 0.29) is 6.61 Å². The zero-order valence-corrected chi connectivity index (χ0v) is 13.9. The molecule has 4 rings (SSSR count). The highest BCUT2D eigenvalue weighted by molar-refractivity contribution is 5.85. The molecular formula is C18H20N4O4. The molecule has 1 saturated heterocycles. The van der Waals surface area contributed by atoms with Crippen LogP contribution in [-0.4, -0.2) is 54.8 Å². The quantitative estimate of drug-likeness (QED) is 0.531. The molecule has 0 aliphatic carbocycles. The van der Waals surface area contributed by atoms with Crippen LogP contribution in [0.15, 0.2) is 48.9 Å². The molecule has 8 nitrogen and oxygen atoms in total. The number of fused-ring (bicyclic) bond motifs is 1. The average molecular weight is 356 g/mol. The van der Waals surface area contributed by atoms with E-state index in [9.17, 15) is 15.3 Å². The number of ether oxygens (including phenoxy) is 1. The molecule has 1 aromatic carbocycles. The van der Waals surface area contributed by atoms with E-state index in [0.29, 0.717) is 23.4 Å². The summed E-state index contributed by atoms with van der Waals surface area (Å²) in [6.45, 7) is 0.237. The number of rotatable bonds is 5. The molecular weight excluding hydrogens is 336 g/mol. The molecule has 4 N–H and O–H groups in total. The maximum Gasteiger partial charge on any atom is 0.164 e. The van der Waals surface area contributed by atoms with Gasteiger partial charge in [0.15, 0.2) is 12.0 Å². The van der Waals surface area contributed by atoms with Crippen molar-refractivity contribution in [3.63, 3.8) is 0 Å². The van der Waals surface area contributed by atoms with Crippen LogP contribution in [0.25, 0.3) is 11.0 Å². The number of nitrogens with zero attached hydrogens (tertiary/aromatic N) is 3. The fourth-order valence-corrected chi connectivity index (χ4v) is 3.19. The second-order valence-corrected chi connectivity index (χ2v) is 6.25. The van der Waals surface area contributed by atoms with Crippen molar-refractivity contribution in [3.8, 4) is 0 Å². The summed E-state index contributed by atoms with van der Waals surface area (Å²) in [5.41, 5.74) is 2.47. The highest BCUT2D eigenvalue weighted by Crippen LogP contribution is 2.32. The van der Waals surface area contributed by atoms with Crippen LogP contribution >= 0.6 is 0 Å². The third-order valence-electron chi connectivity index (χ3n) is 4.59. The van der Waals surface area contributed by atoms with E-state index in [0.717, 1.165) is 5.56 Å². The third-order valence-corrected chi connectivity index (χ3v) is 4.59. The lowest BCUT2D eigenvalue weighted by Gasteiger charge is -2.17. The number of aliphatic hydroxyl groups is 3. The summed E-state index contributed by atoms with van der Waals surface area (Å²) in [6, 6.07) is 11.7. The molecule has 2 aromatic heterocycles. The largest absolute Gasteiger partial charge is 0.394 e. The predicted molar refractivity (Wildman–Crippen MR) is 94.3 cm³/mol. The summed E-state index contributed by atoms with van der Waals surface area (Å²) in [5, 5.41) is 32.7. The Labute approximate surface area is 149 Å². The van der Waals surface area contributed by atoms with Crippen molar-refractivity contribution in [1.82, 2.24) is 14.5 Å². The Morgan fingerprint density at radius 1 is 1.08 bits per heavy atom. The van der Waals surface area contributed by atoms with Crippen LogP contribution in [0.4, 0.5) is 5.82 Å². The van der Waals surface area contributed by atoms with Crippen molar-refractivity contribution in [2.45, 2.75) is 31.1 Å². The topological polar surface area (TPSA) is 113 Å². The van der Waals surface area contributed by atoms with E-state index < -0.39 is 24.5 Å². The zero-order chi connectivity index (χ0) is 18.1. The molecule has 0 radical (unpaired) electrons. The summed E-state index contributed by atoms with van der Waals surface area (Å²) in [5.74, 6) is 0.622. The predicted octanol–water partition coefficient (Wildman–Crippen LogP) is 0.655. The molecule has 3 heterocycles. The number of hydrogen-bond acceptors (Lipinski definition) is 7. The molecule has 1 aliphatic heterocycles. The van der Waals surface area contributed by atoms with E-state index >= 15 is 0 Å². The molecule has 26 heavy (non-hydrogen) atoms. The van der Waals surface area contributed by atoms with Crippen molar-refractivity contribution in [2.24, 2.45) is 0 Å². The Hall–Kier alpha value is -2.52. The summed E-state index contributed by atoms with van der Waals surface area (Å²) in [6.07, 6.45) is -0.768. The van der Waals surface area contributed by atoms with E-state index in [1.54, 1.807) is 23.2 Å². The number of benzene rings is 1. The second-order valence-electron chi connectivity index (χ2n) is 6.25. The summed E-state index contributed by atoms with van der Waals surface area (Å²) in [7, 11) is 0. The van der Waals surface area contributed by atoms with E-state index in [1.807, 2.05) is 30.3 Å². The van der Waals surface area contributed by atoms with Crippen LogP contribution in [-0.2, 0) is 11.3 Å². The van der Waals surface area contributed by atoms with Crippen LogP contribution in [0.1, 0.15) is 11.8 Å². The van der Waals surface area contributed by atoms with Crippen molar-refractivity contribution in [3.05, 3.63) is 54.5 Å². The molecule has 8 heteroatoms. The lowest BCUT2D eigenvalue weighted by Crippen LogP contribution is -2.33. The maximum atomic E-state index is 10.2. The number of anilines is 1. The van der Waals surface area contributed by atoms with Gasteiger partial charge in [-0.1, -0.05) is 30.3 Å². The molecule has 0 saturated carbocycles. The van der Waals surface area contributed by atoms with Gasteiger partial charge in [0.2, 0.25) is 0 Å². The number of aromatic nitrogens is 3. The highest BCUT2D eigenvalue weighted by atomic mass is 16.6. The SMILES string of the molecule is OCC1OC(n2cnc3c(NCc4ccccc4)nccc32)C(O)C1O. The molecule has 0 amide bonds. The zero-order valence-electron chi connectivity index (χ0n) is 13.9. The Morgan fingerprint density at radius 2 is 1.88 bits per heavy atom. The standard InChI is InChI=1S/C18H20N4O4/c23-9-13-15(24)16(25)18(26-13)22-10-21-14-12(22)6-7-19-17(14)20-8-11-4-2-1-3-5-11/h1-7,10,13,15-16,18,23-25H,8-9H2,(H,19,20). The monoisotopic (exact) mass is 356 g/mol. The van der Waals surface area contributed by atoms with E-state index in [1.165, 1.54) is 0 Å². The van der Waals surface area contributed by atoms with Gasteiger partial charge in [0.25, 0.3) is 0 Å². The van der Waals surface area contributed by atoms with Crippen LogP contribution in [0.3, 0.4) is 0 Å². The van der Waals surface area contributed by atoms with Crippen LogP contribution in [0.5, 0.6) is 0 Å². The maximum absolute atomic E-state index is 10.2. The fourth-order valence-electron chi connectivity index (χ4n) is 3.19. The van der Waals surface area contributed by atoms with Gasteiger partial charge in [-0.3, -0.25) is 0 Å².